The first-order chi connectivity index (χ1) is 13.4. The molecule has 0 amide bonds. The molecule has 0 saturated heterocycles. The average molecular weight is 398 g/mol. The van der Waals surface area contributed by atoms with Gasteiger partial charge in [0.15, 0.2) is 9.84 Å². The third-order valence-electron chi connectivity index (χ3n) is 4.15. The minimum atomic E-state index is -3.46. The van der Waals surface area contributed by atoms with Crippen molar-refractivity contribution in [3.8, 4) is 11.4 Å². The van der Waals surface area contributed by atoms with Gasteiger partial charge in [0.05, 0.1) is 35.4 Å². The Morgan fingerprint density at radius 3 is 2.68 bits per heavy atom. The van der Waals surface area contributed by atoms with E-state index in [1.165, 1.54) is 4.68 Å². The molecule has 0 aliphatic heterocycles. The number of nitrogens with zero attached hydrogens (tertiary/aromatic N) is 3. The first-order valence-corrected chi connectivity index (χ1v) is 10.3. The molecule has 28 heavy (non-hydrogen) atoms. The molecule has 1 aromatic heterocycles. The van der Waals surface area contributed by atoms with Crippen molar-refractivity contribution in [1.29, 1.82) is 0 Å². The number of para-hydroxylation sites is 1. The summed E-state index contributed by atoms with van der Waals surface area (Å²) in [6.07, 6.45) is 3.23. The SMILES string of the molecule is COc1cccc(C=NNc2ccnn2-c2ccccc2S(=O)(=O)C(C)C)c1. The number of sulfone groups is 1. The van der Waals surface area contributed by atoms with Crippen molar-refractivity contribution in [2.75, 3.05) is 12.5 Å². The second-order valence-corrected chi connectivity index (χ2v) is 8.81. The second kappa shape index (κ2) is 8.26. The zero-order valence-electron chi connectivity index (χ0n) is 15.9. The molecule has 146 valence electrons. The van der Waals surface area contributed by atoms with Crippen LogP contribution in [0, 0.1) is 0 Å². The van der Waals surface area contributed by atoms with Gasteiger partial charge in [0.2, 0.25) is 0 Å². The molecule has 8 heteroatoms. The summed E-state index contributed by atoms with van der Waals surface area (Å²) in [5, 5.41) is 7.97. The van der Waals surface area contributed by atoms with E-state index in [1.807, 2.05) is 24.3 Å². The van der Waals surface area contributed by atoms with Crippen molar-refractivity contribution in [2.24, 2.45) is 5.10 Å². The first kappa shape index (κ1) is 19.6. The van der Waals surface area contributed by atoms with Crippen molar-refractivity contribution in [1.82, 2.24) is 9.78 Å². The number of aromatic nitrogens is 2. The summed E-state index contributed by atoms with van der Waals surface area (Å²) >= 11 is 0. The molecule has 3 rings (SSSR count). The molecule has 0 radical (unpaired) electrons. The number of methoxy groups -OCH3 is 1. The van der Waals surface area contributed by atoms with Crippen LogP contribution in [0.5, 0.6) is 5.75 Å². The van der Waals surface area contributed by atoms with Crippen molar-refractivity contribution >= 4 is 21.9 Å². The number of hydrogen-bond donors (Lipinski definition) is 1. The molecule has 7 nitrogen and oxygen atoms in total. The molecule has 0 saturated carbocycles. The number of rotatable bonds is 7. The molecule has 1 heterocycles. The Morgan fingerprint density at radius 1 is 1.14 bits per heavy atom. The van der Waals surface area contributed by atoms with Crippen molar-refractivity contribution in [3.63, 3.8) is 0 Å². The van der Waals surface area contributed by atoms with Gasteiger partial charge in [0.1, 0.15) is 11.6 Å². The fraction of sp³-hybridized carbons (Fsp3) is 0.200. The number of hydrogen-bond acceptors (Lipinski definition) is 6. The molecule has 2 aromatic carbocycles. The lowest BCUT2D eigenvalue weighted by Gasteiger charge is -2.14. The second-order valence-electron chi connectivity index (χ2n) is 6.34. The summed E-state index contributed by atoms with van der Waals surface area (Å²) in [5.74, 6) is 1.28. The Balaban J connectivity index is 1.90. The van der Waals surface area contributed by atoms with Crippen LogP contribution >= 0.6 is 0 Å². The zero-order chi connectivity index (χ0) is 20.1. The molecule has 0 aliphatic rings. The first-order valence-electron chi connectivity index (χ1n) is 8.74. The van der Waals surface area contributed by atoms with E-state index in [9.17, 15) is 8.42 Å². The van der Waals surface area contributed by atoms with Crippen LogP contribution < -0.4 is 10.2 Å². The van der Waals surface area contributed by atoms with E-state index in [0.29, 0.717) is 11.5 Å². The van der Waals surface area contributed by atoms with E-state index in [1.54, 1.807) is 63.7 Å². The molecule has 0 fully saturated rings. The maximum absolute atomic E-state index is 12.7. The number of benzene rings is 2. The molecule has 1 N–H and O–H groups in total. The molecule has 0 unspecified atom stereocenters. The van der Waals surface area contributed by atoms with Gasteiger partial charge in [0.25, 0.3) is 0 Å². The fourth-order valence-corrected chi connectivity index (χ4v) is 3.82. The monoisotopic (exact) mass is 398 g/mol. The highest BCUT2D eigenvalue weighted by atomic mass is 32.2. The molecular formula is C20H22N4O3S. The average Bonchev–Trinajstić information content (AvgIpc) is 3.16. The van der Waals surface area contributed by atoms with Gasteiger partial charge in [-0.2, -0.15) is 10.2 Å². The summed E-state index contributed by atoms with van der Waals surface area (Å²) in [6.45, 7) is 3.32. The summed E-state index contributed by atoms with van der Waals surface area (Å²) < 4.78 is 32.2. The Bertz CT molecular complexity index is 1090. The normalized spacial score (nSPS) is 11.9. The minimum Gasteiger partial charge on any atom is -0.497 e. The summed E-state index contributed by atoms with van der Waals surface area (Å²) in [4.78, 5) is 0.230. The third-order valence-corrected chi connectivity index (χ3v) is 6.35. The van der Waals surface area contributed by atoms with E-state index in [-0.39, 0.29) is 4.90 Å². The lowest BCUT2D eigenvalue weighted by Crippen LogP contribution is -2.17. The summed E-state index contributed by atoms with van der Waals surface area (Å²) in [5.41, 5.74) is 4.25. The number of ether oxygens (including phenoxy) is 1. The Labute approximate surface area is 164 Å². The Kier molecular flexibility index (Phi) is 5.79. The molecule has 0 bridgehead atoms. The quantitative estimate of drug-likeness (QED) is 0.486. The highest BCUT2D eigenvalue weighted by molar-refractivity contribution is 7.92. The lowest BCUT2D eigenvalue weighted by molar-refractivity contribution is 0.415. The lowest BCUT2D eigenvalue weighted by atomic mass is 10.2. The standard InChI is InChI=1S/C20H22N4O3S/c1-15(2)28(25,26)19-10-5-4-9-18(19)24-20(11-12-22-24)23-21-14-16-7-6-8-17(13-16)27-3/h4-15,23H,1-3H3. The van der Waals surface area contributed by atoms with Crippen LogP contribution in [0.2, 0.25) is 0 Å². The van der Waals surface area contributed by atoms with Crippen LogP contribution in [0.25, 0.3) is 5.69 Å². The molecular weight excluding hydrogens is 376 g/mol. The van der Waals surface area contributed by atoms with Crippen LogP contribution in [-0.2, 0) is 9.84 Å². The predicted molar refractivity (Wildman–Crippen MR) is 110 cm³/mol. The van der Waals surface area contributed by atoms with Gasteiger partial charge in [-0.05, 0) is 43.7 Å². The van der Waals surface area contributed by atoms with Gasteiger partial charge >= 0.3 is 0 Å². The van der Waals surface area contributed by atoms with Crippen molar-refractivity contribution < 1.29 is 13.2 Å². The fourth-order valence-electron chi connectivity index (χ4n) is 2.60. The van der Waals surface area contributed by atoms with Crippen LogP contribution in [0.15, 0.2) is 70.8 Å². The maximum atomic E-state index is 12.7. The largest absolute Gasteiger partial charge is 0.497 e. The van der Waals surface area contributed by atoms with Crippen LogP contribution in [-0.4, -0.2) is 36.8 Å². The zero-order valence-corrected chi connectivity index (χ0v) is 16.7. The molecule has 0 atom stereocenters. The van der Waals surface area contributed by atoms with Crippen molar-refractivity contribution in [2.45, 2.75) is 24.0 Å². The summed E-state index contributed by atoms with van der Waals surface area (Å²) in [7, 11) is -1.86. The molecule has 0 aliphatic carbocycles. The predicted octanol–water partition coefficient (Wildman–Crippen LogP) is 3.51. The Morgan fingerprint density at radius 2 is 1.93 bits per heavy atom. The number of hydrazone groups is 1. The highest BCUT2D eigenvalue weighted by Crippen LogP contribution is 2.26. The maximum Gasteiger partial charge on any atom is 0.182 e. The highest BCUT2D eigenvalue weighted by Gasteiger charge is 2.24. The van der Waals surface area contributed by atoms with E-state index in [0.717, 1.165) is 11.3 Å². The van der Waals surface area contributed by atoms with E-state index < -0.39 is 15.1 Å². The number of anilines is 1. The van der Waals surface area contributed by atoms with Gasteiger partial charge in [-0.25, -0.2) is 13.1 Å². The minimum absolute atomic E-state index is 0.230. The smallest absolute Gasteiger partial charge is 0.182 e. The van der Waals surface area contributed by atoms with Crippen LogP contribution in [0.1, 0.15) is 19.4 Å². The van der Waals surface area contributed by atoms with E-state index in [2.05, 4.69) is 15.6 Å². The van der Waals surface area contributed by atoms with Gasteiger partial charge in [-0.15, -0.1) is 0 Å². The molecule has 3 aromatic rings. The van der Waals surface area contributed by atoms with Crippen LogP contribution in [0.3, 0.4) is 0 Å². The number of nitrogens with one attached hydrogen (secondary N) is 1. The Hall–Kier alpha value is -3.13. The van der Waals surface area contributed by atoms with E-state index >= 15 is 0 Å². The topological polar surface area (TPSA) is 85.6 Å². The van der Waals surface area contributed by atoms with Crippen LogP contribution in [0.4, 0.5) is 5.82 Å². The van der Waals surface area contributed by atoms with Gasteiger partial charge in [-0.1, -0.05) is 24.3 Å². The molecule has 0 spiro atoms. The third kappa shape index (κ3) is 4.07. The van der Waals surface area contributed by atoms with E-state index in [4.69, 9.17) is 4.74 Å². The van der Waals surface area contributed by atoms with Gasteiger partial charge in [0, 0.05) is 6.07 Å². The van der Waals surface area contributed by atoms with Gasteiger partial charge in [-0.3, -0.25) is 5.43 Å². The summed E-state index contributed by atoms with van der Waals surface area (Å²) in [6, 6.07) is 16.0. The van der Waals surface area contributed by atoms with Crippen molar-refractivity contribution in [3.05, 3.63) is 66.4 Å². The van der Waals surface area contributed by atoms with Gasteiger partial charge < -0.3 is 4.74 Å².